The molecule has 0 N–H and O–H groups in total. The van der Waals surface area contributed by atoms with E-state index in [0.29, 0.717) is 19.6 Å². The summed E-state index contributed by atoms with van der Waals surface area (Å²) in [6.45, 7) is 0.848. The van der Waals surface area contributed by atoms with Gasteiger partial charge < -0.3 is 4.74 Å². The molecule has 0 spiro atoms. The predicted octanol–water partition coefficient (Wildman–Crippen LogP) is 2.59. The third-order valence-corrected chi connectivity index (χ3v) is 5.59. The van der Waals surface area contributed by atoms with Crippen LogP contribution in [0.1, 0.15) is 17.4 Å². The molecule has 0 aliphatic carbocycles. The summed E-state index contributed by atoms with van der Waals surface area (Å²) in [6, 6.07) is 19.2. The van der Waals surface area contributed by atoms with Crippen LogP contribution in [-0.2, 0) is 21.2 Å². The smallest absolute Gasteiger partial charge is 0.216 e. The van der Waals surface area contributed by atoms with E-state index in [9.17, 15) is 8.42 Å². The van der Waals surface area contributed by atoms with Gasteiger partial charge in [0, 0.05) is 6.54 Å². The van der Waals surface area contributed by atoms with Crippen LogP contribution >= 0.6 is 0 Å². The third kappa shape index (κ3) is 3.38. The Bertz CT molecular complexity index is 701. The second-order valence-corrected chi connectivity index (χ2v) is 7.34. The van der Waals surface area contributed by atoms with Crippen molar-refractivity contribution in [3.63, 3.8) is 0 Å². The minimum atomic E-state index is -3.35. The zero-order valence-corrected chi connectivity index (χ0v) is 13.1. The van der Waals surface area contributed by atoms with Crippen molar-refractivity contribution in [2.45, 2.75) is 12.6 Å². The lowest BCUT2D eigenvalue weighted by Gasteiger charge is -2.22. The molecule has 1 unspecified atom stereocenters. The SMILES string of the molecule is O=S(=O)(CCc1ccccc1)N1CCOC1c1ccccc1. The summed E-state index contributed by atoms with van der Waals surface area (Å²) in [5, 5.41) is 0. The molecule has 0 aromatic heterocycles. The summed E-state index contributed by atoms with van der Waals surface area (Å²) in [5.74, 6) is 0.101. The van der Waals surface area contributed by atoms with Gasteiger partial charge in [0.2, 0.25) is 10.0 Å². The van der Waals surface area contributed by atoms with Crippen LogP contribution in [0.5, 0.6) is 0 Å². The number of aryl methyl sites for hydroxylation is 1. The summed E-state index contributed by atoms with van der Waals surface area (Å²) in [6.07, 6.45) is 0.0169. The second kappa shape index (κ2) is 6.60. The molecule has 2 aromatic rings. The average Bonchev–Trinajstić information content (AvgIpc) is 3.06. The van der Waals surface area contributed by atoms with Crippen molar-refractivity contribution in [2.24, 2.45) is 0 Å². The average molecular weight is 317 g/mol. The highest BCUT2D eigenvalue weighted by molar-refractivity contribution is 7.89. The van der Waals surface area contributed by atoms with E-state index < -0.39 is 16.3 Å². The van der Waals surface area contributed by atoms with Crippen molar-refractivity contribution in [1.82, 2.24) is 4.31 Å². The maximum Gasteiger partial charge on any atom is 0.216 e. The first-order valence-electron chi connectivity index (χ1n) is 7.37. The Morgan fingerprint density at radius 2 is 1.64 bits per heavy atom. The second-order valence-electron chi connectivity index (χ2n) is 5.30. The van der Waals surface area contributed by atoms with Crippen LogP contribution in [0.4, 0.5) is 0 Å². The highest BCUT2D eigenvalue weighted by atomic mass is 32.2. The van der Waals surface area contributed by atoms with Crippen LogP contribution in [0.2, 0.25) is 0 Å². The van der Waals surface area contributed by atoms with E-state index >= 15 is 0 Å². The number of hydrogen-bond acceptors (Lipinski definition) is 3. The lowest BCUT2D eigenvalue weighted by atomic mass is 10.2. The molecule has 3 rings (SSSR count). The molecule has 1 atom stereocenters. The van der Waals surface area contributed by atoms with Crippen LogP contribution < -0.4 is 0 Å². The van der Waals surface area contributed by atoms with Crippen molar-refractivity contribution >= 4 is 10.0 Å². The van der Waals surface area contributed by atoms with E-state index in [1.807, 2.05) is 60.7 Å². The number of rotatable bonds is 5. The molecule has 0 amide bonds. The standard InChI is InChI=1S/C17H19NO3S/c19-22(20,14-11-15-7-3-1-4-8-15)18-12-13-21-17(18)16-9-5-2-6-10-16/h1-10,17H,11-14H2. The number of hydrogen-bond donors (Lipinski definition) is 0. The normalized spacial score (nSPS) is 19.4. The fraction of sp³-hybridized carbons (Fsp3) is 0.294. The first-order chi connectivity index (χ1) is 10.7. The van der Waals surface area contributed by atoms with Crippen LogP contribution in [0.15, 0.2) is 60.7 Å². The Morgan fingerprint density at radius 3 is 2.32 bits per heavy atom. The number of nitrogens with zero attached hydrogens (tertiary/aromatic N) is 1. The van der Waals surface area contributed by atoms with Crippen molar-refractivity contribution in [1.29, 1.82) is 0 Å². The molecule has 1 heterocycles. The van der Waals surface area contributed by atoms with Crippen molar-refractivity contribution < 1.29 is 13.2 Å². The molecule has 1 fully saturated rings. The highest BCUT2D eigenvalue weighted by Crippen LogP contribution is 2.29. The molecule has 5 heteroatoms. The summed E-state index contributed by atoms with van der Waals surface area (Å²) in [7, 11) is -3.35. The summed E-state index contributed by atoms with van der Waals surface area (Å²) >= 11 is 0. The highest BCUT2D eigenvalue weighted by Gasteiger charge is 2.35. The molecular weight excluding hydrogens is 298 g/mol. The van der Waals surface area contributed by atoms with Gasteiger partial charge in [-0.05, 0) is 17.5 Å². The summed E-state index contributed by atoms with van der Waals surface area (Å²) < 4.78 is 32.4. The van der Waals surface area contributed by atoms with Gasteiger partial charge in [0.1, 0.15) is 6.23 Å². The first-order valence-corrected chi connectivity index (χ1v) is 8.98. The Labute approximate surface area is 131 Å². The van der Waals surface area contributed by atoms with Gasteiger partial charge in [0.05, 0.1) is 12.4 Å². The monoisotopic (exact) mass is 317 g/mol. The quantitative estimate of drug-likeness (QED) is 0.851. The van der Waals surface area contributed by atoms with E-state index in [-0.39, 0.29) is 5.75 Å². The lowest BCUT2D eigenvalue weighted by molar-refractivity contribution is 0.0683. The maximum atomic E-state index is 12.6. The van der Waals surface area contributed by atoms with Gasteiger partial charge in [-0.2, -0.15) is 4.31 Å². The van der Waals surface area contributed by atoms with Gasteiger partial charge in [-0.25, -0.2) is 8.42 Å². The number of sulfonamides is 1. The molecule has 4 nitrogen and oxygen atoms in total. The van der Waals surface area contributed by atoms with Crippen molar-refractivity contribution in [2.75, 3.05) is 18.9 Å². The van der Waals surface area contributed by atoms with Crippen molar-refractivity contribution in [3.05, 3.63) is 71.8 Å². The molecule has 0 radical (unpaired) electrons. The predicted molar refractivity (Wildman–Crippen MR) is 85.8 cm³/mol. The molecule has 2 aromatic carbocycles. The van der Waals surface area contributed by atoms with E-state index in [2.05, 4.69) is 0 Å². The van der Waals surface area contributed by atoms with Gasteiger partial charge in [-0.15, -0.1) is 0 Å². The first kappa shape index (κ1) is 15.2. The molecule has 0 saturated carbocycles. The minimum Gasteiger partial charge on any atom is -0.356 e. The zero-order valence-electron chi connectivity index (χ0n) is 12.3. The molecule has 1 aliphatic rings. The third-order valence-electron chi connectivity index (χ3n) is 3.78. The number of benzene rings is 2. The Hall–Kier alpha value is -1.69. The number of ether oxygens (including phenoxy) is 1. The maximum absolute atomic E-state index is 12.6. The molecule has 22 heavy (non-hydrogen) atoms. The Balaban J connectivity index is 1.73. The molecular formula is C17H19NO3S. The lowest BCUT2D eigenvalue weighted by Crippen LogP contribution is -2.33. The van der Waals surface area contributed by atoms with Crippen LogP contribution in [-0.4, -0.2) is 31.6 Å². The molecule has 1 aliphatic heterocycles. The van der Waals surface area contributed by atoms with Crippen LogP contribution in [0.25, 0.3) is 0 Å². The fourth-order valence-corrected chi connectivity index (χ4v) is 4.18. The van der Waals surface area contributed by atoms with Crippen LogP contribution in [0.3, 0.4) is 0 Å². The Kier molecular flexibility index (Phi) is 4.57. The van der Waals surface area contributed by atoms with Gasteiger partial charge in [0.25, 0.3) is 0 Å². The van der Waals surface area contributed by atoms with Gasteiger partial charge in [-0.3, -0.25) is 0 Å². The minimum absolute atomic E-state index is 0.101. The van der Waals surface area contributed by atoms with Crippen LogP contribution in [0, 0.1) is 0 Å². The fourth-order valence-electron chi connectivity index (χ4n) is 2.63. The summed E-state index contributed by atoms with van der Waals surface area (Å²) in [4.78, 5) is 0. The van der Waals surface area contributed by atoms with E-state index in [1.54, 1.807) is 0 Å². The van der Waals surface area contributed by atoms with Gasteiger partial charge in [-0.1, -0.05) is 60.7 Å². The zero-order chi connectivity index (χ0) is 15.4. The van der Waals surface area contributed by atoms with Gasteiger partial charge in [0.15, 0.2) is 0 Å². The molecule has 0 bridgehead atoms. The molecule has 1 saturated heterocycles. The Morgan fingerprint density at radius 1 is 1.00 bits per heavy atom. The van der Waals surface area contributed by atoms with E-state index in [1.165, 1.54) is 4.31 Å². The van der Waals surface area contributed by atoms with E-state index in [4.69, 9.17) is 4.74 Å². The summed E-state index contributed by atoms with van der Waals surface area (Å²) in [5.41, 5.74) is 1.91. The topological polar surface area (TPSA) is 46.6 Å². The van der Waals surface area contributed by atoms with E-state index in [0.717, 1.165) is 11.1 Å². The van der Waals surface area contributed by atoms with Crippen molar-refractivity contribution in [3.8, 4) is 0 Å². The van der Waals surface area contributed by atoms with Gasteiger partial charge >= 0.3 is 0 Å². The largest absolute Gasteiger partial charge is 0.356 e. The molecule has 116 valence electrons.